The van der Waals surface area contributed by atoms with Gasteiger partial charge in [0, 0.05) is 0 Å². The van der Waals surface area contributed by atoms with Crippen LogP contribution in [0, 0.1) is 0 Å². The Morgan fingerprint density at radius 1 is 1.11 bits per heavy atom. The molecule has 0 aliphatic heterocycles. The van der Waals surface area contributed by atoms with E-state index in [9.17, 15) is 0 Å². The molecule has 9 heavy (non-hydrogen) atoms. The lowest BCUT2D eigenvalue weighted by molar-refractivity contribution is 1.32. The predicted molar refractivity (Wildman–Crippen MR) is 40.0 cm³/mol. The van der Waals surface area contributed by atoms with Gasteiger partial charge in [-0.1, -0.05) is 24.3 Å². The molecule has 0 amide bonds. The molecule has 2 rings (SSSR count). The van der Waals surface area contributed by atoms with Gasteiger partial charge in [0.1, 0.15) is 0 Å². The third-order valence-electron chi connectivity index (χ3n) is 1.43. The van der Waals surface area contributed by atoms with E-state index in [4.69, 9.17) is 0 Å². The first-order valence-corrected chi connectivity index (χ1v) is 3.18. The Morgan fingerprint density at radius 2 is 1.56 bits per heavy atom. The topological polar surface area (TPSA) is 26.0 Å². The molecule has 0 aromatic heterocycles. The summed E-state index contributed by atoms with van der Waals surface area (Å²) in [5, 5.41) is 3.97. The molecule has 48 valence electrons. The first kappa shape index (κ1) is 6.59. The molecule has 0 saturated carbocycles. The van der Waals surface area contributed by atoms with Crippen molar-refractivity contribution in [1.29, 1.82) is 0 Å². The van der Waals surface area contributed by atoms with E-state index >= 15 is 0 Å². The van der Waals surface area contributed by atoms with Crippen molar-refractivity contribution in [3.63, 3.8) is 0 Å². The second-order valence-electron chi connectivity index (χ2n) is 1.99. The summed E-state index contributed by atoms with van der Waals surface area (Å²) in [5.41, 5.74) is 2.94. The van der Waals surface area contributed by atoms with Crippen LogP contribution >= 0.6 is 11.8 Å². The first-order valence-electron chi connectivity index (χ1n) is 2.75. The van der Waals surface area contributed by atoms with Crippen molar-refractivity contribution in [3.8, 4) is 0 Å². The van der Waals surface area contributed by atoms with E-state index in [-0.39, 0.29) is 0 Å². The third kappa shape index (κ3) is 1.23. The van der Waals surface area contributed by atoms with Gasteiger partial charge in [0.25, 0.3) is 0 Å². The van der Waals surface area contributed by atoms with E-state index in [2.05, 4.69) is 41.3 Å². The average Bonchev–Trinajstić information content (AvgIpc) is 2.53. The molecule has 0 unspecified atom stereocenters. The van der Waals surface area contributed by atoms with Crippen LogP contribution in [0.3, 0.4) is 0 Å². The normalized spacial score (nSPS) is 18.4. The van der Waals surface area contributed by atoms with Crippen molar-refractivity contribution in [2.24, 2.45) is 5.25 Å². The van der Waals surface area contributed by atoms with Gasteiger partial charge in [-0.25, -0.2) is 5.25 Å². The van der Waals surface area contributed by atoms with Crippen LogP contribution in [0.2, 0.25) is 0 Å². The van der Waals surface area contributed by atoms with E-state index in [1.807, 2.05) is 0 Å². The summed E-state index contributed by atoms with van der Waals surface area (Å²) >= 11 is 4.14. The van der Waals surface area contributed by atoms with Gasteiger partial charge in [-0.2, -0.15) is 0 Å². The monoisotopic (exact) mass is 141 g/mol. The van der Waals surface area contributed by atoms with Crippen LogP contribution in [-0.2, 0) is 0 Å². The van der Waals surface area contributed by atoms with Crippen LogP contribution in [0.4, 0.5) is 0 Å². The molecule has 2 N–H and O–H groups in total. The molecule has 0 spiro atoms. The zero-order valence-electron chi connectivity index (χ0n) is 4.97. The van der Waals surface area contributed by atoms with Crippen molar-refractivity contribution in [3.05, 3.63) is 35.5 Å². The van der Waals surface area contributed by atoms with Gasteiger partial charge in [0.15, 0.2) is 0 Å². The Morgan fingerprint density at radius 3 is 1.67 bits per heavy atom. The molecule has 2 aliphatic carbocycles. The van der Waals surface area contributed by atoms with Crippen LogP contribution in [0.25, 0.3) is 0 Å². The maximum atomic E-state index is 4.14. The standard InChI is InChI=1S/C7H6.ClH2N/c1-2-7-4-3-6(1)5-7;1-2/h1-4H,5H2;2H2. The molecule has 0 saturated heterocycles. The number of nitrogens with two attached hydrogens (primary N) is 1. The lowest BCUT2D eigenvalue weighted by Crippen LogP contribution is -1.59. The molecule has 2 bridgehead atoms. The van der Waals surface area contributed by atoms with Gasteiger partial charge in [-0.15, -0.1) is 0 Å². The van der Waals surface area contributed by atoms with Crippen molar-refractivity contribution < 1.29 is 0 Å². The van der Waals surface area contributed by atoms with E-state index in [0.29, 0.717) is 0 Å². The number of hydrogen-bond acceptors (Lipinski definition) is 1. The summed E-state index contributed by atoms with van der Waals surface area (Å²) in [6.07, 6.45) is 9.90. The lowest BCUT2D eigenvalue weighted by atomic mass is 10.3. The van der Waals surface area contributed by atoms with Crippen LogP contribution < -0.4 is 5.25 Å². The Balaban J connectivity index is 0.000000186. The summed E-state index contributed by atoms with van der Waals surface area (Å²) in [4.78, 5) is 0. The average molecular weight is 142 g/mol. The number of halogens is 1. The Bertz CT molecular complexity index is 169. The van der Waals surface area contributed by atoms with E-state index in [1.54, 1.807) is 0 Å². The van der Waals surface area contributed by atoms with E-state index in [1.165, 1.54) is 17.6 Å². The molecule has 0 aromatic carbocycles. The molecular weight excluding hydrogens is 134 g/mol. The fourth-order valence-corrected chi connectivity index (χ4v) is 1.01. The van der Waals surface area contributed by atoms with Crippen molar-refractivity contribution in [2.75, 3.05) is 0 Å². The number of fused-ring (bicyclic) bond motifs is 2. The fourth-order valence-electron chi connectivity index (χ4n) is 1.01. The van der Waals surface area contributed by atoms with Crippen molar-refractivity contribution >= 4 is 11.8 Å². The van der Waals surface area contributed by atoms with Crippen molar-refractivity contribution in [1.82, 2.24) is 0 Å². The molecule has 0 radical (unpaired) electrons. The summed E-state index contributed by atoms with van der Waals surface area (Å²) in [6.45, 7) is 0. The van der Waals surface area contributed by atoms with Gasteiger partial charge >= 0.3 is 0 Å². The number of hydrogen-bond donors (Lipinski definition) is 1. The molecular formula is C7H8ClN. The Kier molecular flexibility index (Phi) is 2.09. The summed E-state index contributed by atoms with van der Waals surface area (Å²) in [6, 6.07) is 0. The SMILES string of the molecule is C1=CC2=CC=C1C2.NCl. The molecule has 2 heteroatoms. The number of allylic oxidation sites excluding steroid dienone is 6. The smallest absolute Gasteiger partial charge is 0.00258 e. The minimum absolute atomic E-state index is 1.19. The highest BCUT2D eigenvalue weighted by Gasteiger charge is 2.07. The maximum Gasteiger partial charge on any atom is -0.00258 e. The van der Waals surface area contributed by atoms with Crippen molar-refractivity contribution in [2.45, 2.75) is 6.42 Å². The lowest BCUT2D eigenvalue weighted by Gasteiger charge is -1.77. The second-order valence-corrected chi connectivity index (χ2v) is 1.99. The van der Waals surface area contributed by atoms with Gasteiger partial charge < -0.3 is 0 Å². The van der Waals surface area contributed by atoms with Gasteiger partial charge in [-0.3, -0.25) is 0 Å². The first-order chi connectivity index (χ1) is 4.45. The Hall–Kier alpha value is -0.530. The molecule has 2 aliphatic rings. The fraction of sp³-hybridized carbons (Fsp3) is 0.143. The van der Waals surface area contributed by atoms with Crippen LogP contribution in [0.5, 0.6) is 0 Å². The third-order valence-corrected chi connectivity index (χ3v) is 1.43. The minimum atomic E-state index is 1.19. The summed E-state index contributed by atoms with van der Waals surface area (Å²) in [5.74, 6) is 0. The molecule has 0 aromatic rings. The largest absolute Gasteiger partial charge is 0.247 e. The zero-order valence-corrected chi connectivity index (χ0v) is 5.73. The highest BCUT2D eigenvalue weighted by Crippen LogP contribution is 2.27. The second kappa shape index (κ2) is 2.85. The van der Waals surface area contributed by atoms with E-state index < -0.39 is 0 Å². The molecule has 0 atom stereocenters. The van der Waals surface area contributed by atoms with Gasteiger partial charge in [0.2, 0.25) is 0 Å². The summed E-state index contributed by atoms with van der Waals surface area (Å²) in [7, 11) is 0. The molecule has 0 fully saturated rings. The van der Waals surface area contributed by atoms with Gasteiger partial charge in [-0.05, 0) is 29.3 Å². The summed E-state index contributed by atoms with van der Waals surface area (Å²) < 4.78 is 0. The van der Waals surface area contributed by atoms with Crippen LogP contribution in [0.15, 0.2) is 35.5 Å². The molecule has 1 nitrogen and oxygen atoms in total. The predicted octanol–water partition coefficient (Wildman–Crippen LogP) is 1.91. The zero-order chi connectivity index (χ0) is 6.69. The highest BCUT2D eigenvalue weighted by atomic mass is 35.5. The quantitative estimate of drug-likeness (QED) is 0.513. The van der Waals surface area contributed by atoms with Gasteiger partial charge in [0.05, 0.1) is 0 Å². The number of rotatable bonds is 0. The highest BCUT2D eigenvalue weighted by molar-refractivity contribution is 6.11. The van der Waals surface area contributed by atoms with Crippen LogP contribution in [-0.4, -0.2) is 0 Å². The maximum absolute atomic E-state index is 4.14. The molecule has 0 heterocycles. The minimum Gasteiger partial charge on any atom is -0.247 e. The Labute approximate surface area is 59.6 Å². The van der Waals surface area contributed by atoms with E-state index in [0.717, 1.165) is 0 Å². The van der Waals surface area contributed by atoms with Crippen LogP contribution in [0.1, 0.15) is 6.42 Å².